The number of carbonyl (C=O) groups excluding carboxylic acids is 1. The summed E-state index contributed by atoms with van der Waals surface area (Å²) < 4.78 is 7.24. The van der Waals surface area contributed by atoms with Gasteiger partial charge in [-0.3, -0.25) is 10.00 Å². The van der Waals surface area contributed by atoms with E-state index < -0.39 is 0 Å². The highest BCUT2D eigenvalue weighted by molar-refractivity contribution is 7.14. The molecule has 2 N–H and O–H groups in total. The molecule has 6 nitrogen and oxygen atoms in total. The fourth-order valence-electron chi connectivity index (χ4n) is 2.35. The molecule has 0 unspecified atom stereocenters. The van der Waals surface area contributed by atoms with Crippen molar-refractivity contribution in [2.75, 3.05) is 23.8 Å². The Hall–Kier alpha value is -1.86. The molecule has 112 valence electrons. The van der Waals surface area contributed by atoms with E-state index in [1.54, 1.807) is 6.20 Å². The Morgan fingerprint density at radius 3 is 3.05 bits per heavy atom. The van der Waals surface area contributed by atoms with Crippen LogP contribution >= 0.6 is 11.3 Å². The smallest absolute Gasteiger partial charge is 0.324 e. The number of amides is 2. The summed E-state index contributed by atoms with van der Waals surface area (Å²) in [6.07, 6.45) is 5.68. The molecule has 21 heavy (non-hydrogen) atoms. The van der Waals surface area contributed by atoms with E-state index in [9.17, 15) is 4.79 Å². The summed E-state index contributed by atoms with van der Waals surface area (Å²) in [5.41, 5.74) is 0.705. The van der Waals surface area contributed by atoms with Crippen LogP contribution in [0.2, 0.25) is 0 Å². The number of nitrogens with zero attached hydrogens (tertiary/aromatic N) is 2. The summed E-state index contributed by atoms with van der Waals surface area (Å²) in [5.74, 6) is 0.603. The van der Waals surface area contributed by atoms with Gasteiger partial charge in [0.05, 0.1) is 16.9 Å². The molecule has 1 aliphatic heterocycles. The van der Waals surface area contributed by atoms with Crippen molar-refractivity contribution in [3.8, 4) is 0 Å². The van der Waals surface area contributed by atoms with Crippen LogP contribution in [0.1, 0.15) is 12.8 Å². The maximum Gasteiger partial charge on any atom is 0.324 e. The van der Waals surface area contributed by atoms with Crippen LogP contribution in [0.5, 0.6) is 0 Å². The number of thiophene rings is 1. The zero-order chi connectivity index (χ0) is 14.5. The Morgan fingerprint density at radius 2 is 2.29 bits per heavy atom. The molecule has 1 fully saturated rings. The second-order valence-electron chi connectivity index (χ2n) is 5.06. The topological polar surface area (TPSA) is 68.2 Å². The SMILES string of the molecule is O=C(Nc1cnn(CC2CCOCC2)c1)Nc1cccs1. The van der Waals surface area contributed by atoms with Gasteiger partial charge in [-0.25, -0.2) is 4.79 Å². The van der Waals surface area contributed by atoms with Gasteiger partial charge in [-0.2, -0.15) is 5.10 Å². The average molecular weight is 306 g/mol. The number of urea groups is 1. The van der Waals surface area contributed by atoms with Crippen LogP contribution in [0.25, 0.3) is 0 Å². The second kappa shape index (κ2) is 6.73. The third kappa shape index (κ3) is 4.05. The van der Waals surface area contributed by atoms with Crippen molar-refractivity contribution in [3.63, 3.8) is 0 Å². The summed E-state index contributed by atoms with van der Waals surface area (Å²) >= 11 is 1.49. The fraction of sp³-hybridized carbons (Fsp3) is 0.429. The predicted octanol–water partition coefficient (Wildman–Crippen LogP) is 3.02. The first-order valence-corrected chi connectivity index (χ1v) is 7.89. The number of rotatable bonds is 4. The molecule has 7 heteroatoms. The van der Waals surface area contributed by atoms with Crippen molar-refractivity contribution in [2.45, 2.75) is 19.4 Å². The lowest BCUT2D eigenvalue weighted by Crippen LogP contribution is -2.20. The van der Waals surface area contributed by atoms with Crippen LogP contribution in [0.4, 0.5) is 15.5 Å². The van der Waals surface area contributed by atoms with E-state index in [-0.39, 0.29) is 6.03 Å². The maximum atomic E-state index is 11.8. The van der Waals surface area contributed by atoms with Crippen LogP contribution < -0.4 is 10.6 Å². The number of aromatic nitrogens is 2. The Balaban J connectivity index is 1.51. The minimum atomic E-state index is -0.247. The van der Waals surface area contributed by atoms with Crippen molar-refractivity contribution in [1.82, 2.24) is 9.78 Å². The van der Waals surface area contributed by atoms with Crippen molar-refractivity contribution in [3.05, 3.63) is 29.9 Å². The van der Waals surface area contributed by atoms with Gasteiger partial charge in [0, 0.05) is 26.0 Å². The fourth-order valence-corrected chi connectivity index (χ4v) is 2.96. The molecule has 0 radical (unpaired) electrons. The van der Waals surface area contributed by atoms with E-state index in [2.05, 4.69) is 15.7 Å². The first-order valence-electron chi connectivity index (χ1n) is 7.01. The van der Waals surface area contributed by atoms with E-state index in [4.69, 9.17) is 4.74 Å². The first-order chi connectivity index (χ1) is 10.3. The van der Waals surface area contributed by atoms with Gasteiger partial charge in [-0.05, 0) is 36.3 Å². The Bertz CT molecular complexity index is 576. The van der Waals surface area contributed by atoms with Gasteiger partial charge in [0.15, 0.2) is 0 Å². The monoisotopic (exact) mass is 306 g/mol. The Kier molecular flexibility index (Phi) is 4.52. The van der Waals surface area contributed by atoms with Crippen molar-refractivity contribution >= 4 is 28.1 Å². The van der Waals surface area contributed by atoms with Gasteiger partial charge in [-0.15, -0.1) is 11.3 Å². The van der Waals surface area contributed by atoms with Crippen LogP contribution in [0.15, 0.2) is 29.9 Å². The number of anilines is 2. The molecule has 1 saturated heterocycles. The summed E-state index contributed by atoms with van der Waals surface area (Å²) in [6.45, 7) is 2.54. The van der Waals surface area contributed by atoms with Crippen LogP contribution in [0.3, 0.4) is 0 Å². The van der Waals surface area contributed by atoms with Crippen LogP contribution in [-0.2, 0) is 11.3 Å². The van der Waals surface area contributed by atoms with Crippen molar-refractivity contribution in [1.29, 1.82) is 0 Å². The quantitative estimate of drug-likeness (QED) is 0.912. The summed E-state index contributed by atoms with van der Waals surface area (Å²) in [4.78, 5) is 11.8. The van der Waals surface area contributed by atoms with Gasteiger partial charge in [0.25, 0.3) is 0 Å². The van der Waals surface area contributed by atoms with Crippen molar-refractivity contribution in [2.24, 2.45) is 5.92 Å². The summed E-state index contributed by atoms with van der Waals surface area (Å²) in [7, 11) is 0. The molecule has 2 aromatic rings. The lowest BCUT2D eigenvalue weighted by atomic mass is 10.0. The molecule has 0 saturated carbocycles. The van der Waals surface area contributed by atoms with E-state index in [0.717, 1.165) is 37.6 Å². The highest BCUT2D eigenvalue weighted by Gasteiger charge is 2.15. The van der Waals surface area contributed by atoms with Crippen LogP contribution in [-0.4, -0.2) is 29.0 Å². The first kappa shape index (κ1) is 14.1. The highest BCUT2D eigenvalue weighted by atomic mass is 32.1. The maximum absolute atomic E-state index is 11.8. The van der Waals surface area contributed by atoms with E-state index in [1.165, 1.54) is 11.3 Å². The predicted molar refractivity (Wildman–Crippen MR) is 82.7 cm³/mol. The molecule has 2 amide bonds. The molecule has 0 spiro atoms. The molecule has 0 aromatic carbocycles. The molecule has 1 aliphatic rings. The minimum absolute atomic E-state index is 0.247. The van der Waals surface area contributed by atoms with Gasteiger partial charge >= 0.3 is 6.03 Å². The Morgan fingerprint density at radius 1 is 1.43 bits per heavy atom. The number of ether oxygens (including phenoxy) is 1. The number of hydrogen-bond donors (Lipinski definition) is 2. The molecule has 0 atom stereocenters. The van der Waals surface area contributed by atoms with E-state index >= 15 is 0 Å². The van der Waals surface area contributed by atoms with Crippen molar-refractivity contribution < 1.29 is 9.53 Å². The number of carbonyl (C=O) groups is 1. The molecule has 3 rings (SSSR count). The summed E-state index contributed by atoms with van der Waals surface area (Å²) in [5, 5.41) is 12.6. The highest BCUT2D eigenvalue weighted by Crippen LogP contribution is 2.18. The van der Waals surface area contributed by atoms with Gasteiger partial charge in [0.1, 0.15) is 0 Å². The number of hydrogen-bond acceptors (Lipinski definition) is 4. The zero-order valence-corrected chi connectivity index (χ0v) is 12.4. The van der Waals surface area contributed by atoms with E-state index in [1.807, 2.05) is 28.4 Å². The molecular formula is C14H18N4O2S. The third-order valence-corrected chi connectivity index (χ3v) is 4.22. The number of nitrogens with one attached hydrogen (secondary N) is 2. The average Bonchev–Trinajstić information content (AvgIpc) is 3.12. The molecular weight excluding hydrogens is 288 g/mol. The Labute approximate surface area is 127 Å². The lowest BCUT2D eigenvalue weighted by Gasteiger charge is -2.21. The van der Waals surface area contributed by atoms with E-state index in [0.29, 0.717) is 11.6 Å². The molecule has 2 aromatic heterocycles. The summed E-state index contributed by atoms with van der Waals surface area (Å²) in [6, 6.07) is 3.51. The molecule has 3 heterocycles. The molecule has 0 aliphatic carbocycles. The lowest BCUT2D eigenvalue weighted by molar-refractivity contribution is 0.0601. The standard InChI is InChI=1S/C14H18N4O2S/c19-14(17-13-2-1-7-21-13)16-12-8-15-18(10-12)9-11-3-5-20-6-4-11/h1-2,7-8,10-11H,3-6,9H2,(H2,16,17,19). The normalized spacial score (nSPS) is 15.8. The molecule has 0 bridgehead atoms. The van der Waals surface area contributed by atoms with Crippen LogP contribution in [0, 0.1) is 5.92 Å². The zero-order valence-electron chi connectivity index (χ0n) is 11.6. The third-order valence-electron chi connectivity index (χ3n) is 3.44. The minimum Gasteiger partial charge on any atom is -0.381 e. The van der Waals surface area contributed by atoms with Gasteiger partial charge in [-0.1, -0.05) is 0 Å². The second-order valence-corrected chi connectivity index (χ2v) is 6.01. The van der Waals surface area contributed by atoms with Gasteiger partial charge < -0.3 is 10.1 Å². The van der Waals surface area contributed by atoms with Gasteiger partial charge in [0.2, 0.25) is 0 Å². The largest absolute Gasteiger partial charge is 0.381 e.